The van der Waals surface area contributed by atoms with Gasteiger partial charge >= 0.3 is 5.97 Å². The van der Waals surface area contributed by atoms with E-state index in [0.29, 0.717) is 25.1 Å². The first kappa shape index (κ1) is 21.3. The molecule has 1 rings (SSSR count). The van der Waals surface area contributed by atoms with Gasteiger partial charge in [-0.25, -0.2) is 4.79 Å². The highest BCUT2D eigenvalue weighted by molar-refractivity contribution is 6.17. The molecule has 1 aromatic carbocycles. The van der Waals surface area contributed by atoms with Crippen LogP contribution < -0.4 is 10.1 Å². The second kappa shape index (κ2) is 11.7. The molecule has 0 unspecified atom stereocenters. The van der Waals surface area contributed by atoms with Crippen molar-refractivity contribution in [2.75, 3.05) is 24.9 Å². The van der Waals surface area contributed by atoms with E-state index in [1.807, 2.05) is 19.1 Å². The van der Waals surface area contributed by atoms with Crippen LogP contribution in [0.1, 0.15) is 39.5 Å². The van der Waals surface area contributed by atoms with Crippen molar-refractivity contribution >= 4 is 29.0 Å². The van der Waals surface area contributed by atoms with Crippen LogP contribution in [0.3, 0.4) is 0 Å². The summed E-state index contributed by atoms with van der Waals surface area (Å²) in [6.07, 6.45) is 2.40. The highest BCUT2D eigenvalue weighted by Crippen LogP contribution is 2.23. The molecule has 0 aliphatic heterocycles. The Hall–Kier alpha value is -1.75. The molecule has 0 saturated carbocycles. The van der Waals surface area contributed by atoms with Crippen LogP contribution in [0.2, 0.25) is 0 Å². The van der Waals surface area contributed by atoms with E-state index in [1.165, 1.54) is 0 Å². The largest absolute Gasteiger partial charge is 0.497 e. The molecule has 0 radical (unpaired) electrons. The first-order chi connectivity index (χ1) is 12.1. The molecule has 140 valence electrons. The Labute approximate surface area is 155 Å². The van der Waals surface area contributed by atoms with E-state index < -0.39 is 17.9 Å². The summed E-state index contributed by atoms with van der Waals surface area (Å²) in [6.45, 7) is 3.97. The first-order valence-corrected chi connectivity index (χ1v) is 9.26. The van der Waals surface area contributed by atoms with Crippen LogP contribution in [-0.2, 0) is 14.3 Å². The Kier molecular flexibility index (Phi) is 10.0. The number of rotatable bonds is 12. The van der Waals surface area contributed by atoms with Gasteiger partial charge in [-0.1, -0.05) is 6.92 Å². The summed E-state index contributed by atoms with van der Waals surface area (Å²) in [5.41, 5.74) is 0.735. The molecule has 0 spiro atoms. The fourth-order valence-corrected chi connectivity index (χ4v) is 2.82. The summed E-state index contributed by atoms with van der Waals surface area (Å²) in [7, 11) is 1.59. The summed E-state index contributed by atoms with van der Waals surface area (Å²) < 4.78 is 10.3. The highest BCUT2D eigenvalue weighted by atomic mass is 35.5. The van der Waals surface area contributed by atoms with Gasteiger partial charge in [-0.05, 0) is 50.5 Å². The maximum absolute atomic E-state index is 12.6. The Morgan fingerprint density at radius 2 is 1.88 bits per heavy atom. The van der Waals surface area contributed by atoms with E-state index >= 15 is 0 Å². The number of anilines is 1. The maximum Gasteiger partial charge on any atom is 0.329 e. The number of halogens is 1. The highest BCUT2D eigenvalue weighted by Gasteiger charge is 2.33. The molecule has 6 heteroatoms. The number of carbonyl (C=O) groups is 2. The molecule has 0 amide bonds. The predicted octanol–water partition coefficient (Wildman–Crippen LogP) is 4.04. The molecule has 5 nitrogen and oxygen atoms in total. The standard InChI is InChI=1S/C19H28ClNO4/c1-4-7-17(22)16(8-6-13-20)18(19(23)25-5-2)21-14-9-11-15(24-3)12-10-14/h9-12,16,18,21H,4-8,13H2,1-3H3/t16-,18-/m0/s1. The number of ketones is 1. The molecule has 1 aromatic rings. The van der Waals surface area contributed by atoms with Crippen LogP contribution >= 0.6 is 11.6 Å². The third-order valence-electron chi connectivity index (χ3n) is 3.91. The van der Waals surface area contributed by atoms with E-state index in [-0.39, 0.29) is 12.4 Å². The molecule has 0 heterocycles. The van der Waals surface area contributed by atoms with E-state index in [9.17, 15) is 9.59 Å². The van der Waals surface area contributed by atoms with Crippen molar-refractivity contribution in [3.8, 4) is 5.75 Å². The molecule has 0 aliphatic carbocycles. The zero-order valence-electron chi connectivity index (χ0n) is 15.2. The number of nitrogens with one attached hydrogen (secondary N) is 1. The lowest BCUT2D eigenvalue weighted by molar-refractivity contribution is -0.147. The van der Waals surface area contributed by atoms with Crippen LogP contribution in [0.25, 0.3) is 0 Å². The lowest BCUT2D eigenvalue weighted by atomic mass is 9.88. The van der Waals surface area contributed by atoms with Crippen molar-refractivity contribution in [1.82, 2.24) is 0 Å². The minimum atomic E-state index is -0.726. The van der Waals surface area contributed by atoms with Crippen molar-refractivity contribution in [1.29, 1.82) is 0 Å². The summed E-state index contributed by atoms with van der Waals surface area (Å²) in [4.78, 5) is 25.1. The summed E-state index contributed by atoms with van der Waals surface area (Å²) in [6, 6.07) is 6.50. The van der Waals surface area contributed by atoms with E-state index in [1.54, 1.807) is 26.2 Å². The van der Waals surface area contributed by atoms with Gasteiger partial charge in [0.05, 0.1) is 13.7 Å². The number of carbonyl (C=O) groups excluding carboxylic acids is 2. The van der Waals surface area contributed by atoms with Gasteiger partial charge < -0.3 is 14.8 Å². The van der Waals surface area contributed by atoms with Crippen molar-refractivity contribution in [3.63, 3.8) is 0 Å². The average molecular weight is 370 g/mol. The van der Waals surface area contributed by atoms with E-state index in [2.05, 4.69) is 5.32 Å². The Bertz CT molecular complexity index is 533. The van der Waals surface area contributed by atoms with Gasteiger partial charge in [0.15, 0.2) is 0 Å². The molecule has 0 bridgehead atoms. The molecule has 25 heavy (non-hydrogen) atoms. The van der Waals surface area contributed by atoms with Gasteiger partial charge in [0.1, 0.15) is 17.6 Å². The number of Topliss-reactive ketones (excluding diaryl/α,β-unsaturated/α-hetero) is 1. The maximum atomic E-state index is 12.6. The smallest absolute Gasteiger partial charge is 0.329 e. The van der Waals surface area contributed by atoms with Crippen molar-refractivity contribution < 1.29 is 19.1 Å². The van der Waals surface area contributed by atoms with E-state index in [4.69, 9.17) is 21.1 Å². The van der Waals surface area contributed by atoms with Crippen molar-refractivity contribution in [3.05, 3.63) is 24.3 Å². The number of methoxy groups -OCH3 is 1. The zero-order chi connectivity index (χ0) is 18.7. The molecule has 2 atom stereocenters. The van der Waals surface area contributed by atoms with Gasteiger partial charge in [0.25, 0.3) is 0 Å². The SMILES string of the molecule is CCCC(=O)[C@H](CCCCl)[C@H](Nc1ccc(OC)cc1)C(=O)OCC. The fraction of sp³-hybridized carbons (Fsp3) is 0.579. The van der Waals surface area contributed by atoms with E-state index in [0.717, 1.165) is 17.9 Å². The number of ether oxygens (including phenoxy) is 2. The molecule has 1 N–H and O–H groups in total. The third-order valence-corrected chi connectivity index (χ3v) is 4.18. The van der Waals surface area contributed by atoms with Gasteiger partial charge in [-0.2, -0.15) is 0 Å². The molecular formula is C19H28ClNO4. The average Bonchev–Trinajstić information content (AvgIpc) is 2.62. The number of alkyl halides is 1. The fourth-order valence-electron chi connectivity index (χ4n) is 2.67. The molecule has 0 aromatic heterocycles. The lowest BCUT2D eigenvalue weighted by Crippen LogP contribution is -2.42. The third kappa shape index (κ3) is 6.94. The summed E-state index contributed by atoms with van der Waals surface area (Å²) in [5.74, 6) is 0.362. The Morgan fingerprint density at radius 3 is 2.40 bits per heavy atom. The lowest BCUT2D eigenvalue weighted by Gasteiger charge is -2.26. The minimum absolute atomic E-state index is 0.0617. The molecule has 0 saturated heterocycles. The molecule has 0 aliphatic rings. The van der Waals surface area contributed by atoms with Crippen LogP contribution in [0.15, 0.2) is 24.3 Å². The monoisotopic (exact) mass is 369 g/mol. The number of esters is 1. The summed E-state index contributed by atoms with van der Waals surface area (Å²) in [5, 5.41) is 3.17. The zero-order valence-corrected chi connectivity index (χ0v) is 16.0. The topological polar surface area (TPSA) is 64.6 Å². The molecular weight excluding hydrogens is 342 g/mol. The number of benzene rings is 1. The Morgan fingerprint density at radius 1 is 1.20 bits per heavy atom. The second-order valence-electron chi connectivity index (χ2n) is 5.76. The van der Waals surface area contributed by atoms with Gasteiger partial charge in [0.2, 0.25) is 0 Å². The molecule has 0 fully saturated rings. The van der Waals surface area contributed by atoms with Crippen LogP contribution in [-0.4, -0.2) is 37.4 Å². The normalized spacial score (nSPS) is 13.0. The second-order valence-corrected chi connectivity index (χ2v) is 6.13. The Balaban J connectivity index is 3.04. The predicted molar refractivity (Wildman–Crippen MR) is 100 cm³/mol. The quantitative estimate of drug-likeness (QED) is 0.445. The number of hydrogen-bond donors (Lipinski definition) is 1. The van der Waals surface area contributed by atoms with Gasteiger partial charge in [0, 0.05) is 23.9 Å². The first-order valence-electron chi connectivity index (χ1n) is 8.73. The van der Waals surface area contributed by atoms with Crippen molar-refractivity contribution in [2.24, 2.45) is 5.92 Å². The van der Waals surface area contributed by atoms with Crippen LogP contribution in [0.5, 0.6) is 5.75 Å². The van der Waals surface area contributed by atoms with Crippen LogP contribution in [0.4, 0.5) is 5.69 Å². The van der Waals surface area contributed by atoms with Gasteiger partial charge in [-0.3, -0.25) is 4.79 Å². The van der Waals surface area contributed by atoms with Crippen molar-refractivity contribution in [2.45, 2.75) is 45.6 Å². The van der Waals surface area contributed by atoms with Crippen LogP contribution in [0, 0.1) is 5.92 Å². The van der Waals surface area contributed by atoms with Gasteiger partial charge in [-0.15, -0.1) is 11.6 Å². The minimum Gasteiger partial charge on any atom is -0.497 e. The number of hydrogen-bond acceptors (Lipinski definition) is 5. The summed E-state index contributed by atoms with van der Waals surface area (Å²) >= 11 is 5.80.